The monoisotopic (exact) mass is 417 g/mol. The Kier molecular flexibility index (Phi) is 6.63. The number of carbonyl (C=O) groups excluding carboxylic acids is 2. The quantitative estimate of drug-likeness (QED) is 0.730. The summed E-state index contributed by atoms with van der Waals surface area (Å²) >= 11 is 0. The molecule has 1 heterocycles. The minimum atomic E-state index is -3.67. The molecule has 0 aromatic heterocycles. The number of nitrogens with one attached hydrogen (secondary N) is 2. The smallest absolute Gasteiger partial charge is 0.251 e. The van der Waals surface area contributed by atoms with Crippen LogP contribution in [0, 0.1) is 0 Å². The number of carbonyl (C=O) groups is 2. The third kappa shape index (κ3) is 5.00. The van der Waals surface area contributed by atoms with Crippen LogP contribution < -0.4 is 10.6 Å². The van der Waals surface area contributed by atoms with Crippen LogP contribution in [0.2, 0.25) is 0 Å². The molecular weight excluding hydrogens is 394 g/mol. The number of benzene rings is 2. The summed E-state index contributed by atoms with van der Waals surface area (Å²) in [5.74, 6) is -0.603. The maximum Gasteiger partial charge on any atom is 0.251 e. The van der Waals surface area contributed by atoms with E-state index in [-0.39, 0.29) is 22.9 Å². The Morgan fingerprint density at radius 1 is 1.00 bits per heavy atom. The minimum Gasteiger partial charge on any atom is -0.379 e. The number of hydrogen-bond donors (Lipinski definition) is 2. The van der Waals surface area contributed by atoms with Crippen molar-refractivity contribution in [1.29, 1.82) is 0 Å². The predicted molar refractivity (Wildman–Crippen MR) is 107 cm³/mol. The second-order valence-corrected chi connectivity index (χ2v) is 8.44. The molecule has 2 N–H and O–H groups in total. The summed E-state index contributed by atoms with van der Waals surface area (Å²) in [5.41, 5.74) is 1.51. The first kappa shape index (κ1) is 21.0. The molecule has 0 aliphatic carbocycles. The lowest BCUT2D eigenvalue weighted by atomic mass is 10.1. The fraction of sp³-hybridized carbons (Fsp3) is 0.300. The van der Waals surface area contributed by atoms with Gasteiger partial charge in [0.25, 0.3) is 11.8 Å². The molecule has 0 atom stereocenters. The Morgan fingerprint density at radius 2 is 1.66 bits per heavy atom. The van der Waals surface area contributed by atoms with Crippen LogP contribution in [0.3, 0.4) is 0 Å². The second kappa shape index (κ2) is 9.17. The van der Waals surface area contributed by atoms with Crippen LogP contribution in [0.25, 0.3) is 0 Å². The Balaban J connectivity index is 1.70. The van der Waals surface area contributed by atoms with Crippen LogP contribution in [-0.2, 0) is 21.3 Å². The van der Waals surface area contributed by atoms with Crippen LogP contribution in [0.5, 0.6) is 0 Å². The van der Waals surface area contributed by atoms with Crippen molar-refractivity contribution in [3.05, 3.63) is 65.2 Å². The van der Waals surface area contributed by atoms with Gasteiger partial charge in [0.1, 0.15) is 0 Å². The highest BCUT2D eigenvalue weighted by Gasteiger charge is 2.26. The maximum atomic E-state index is 12.8. The van der Waals surface area contributed by atoms with Crippen molar-refractivity contribution in [3.8, 4) is 0 Å². The molecule has 0 spiro atoms. The van der Waals surface area contributed by atoms with Crippen molar-refractivity contribution in [2.24, 2.45) is 0 Å². The highest BCUT2D eigenvalue weighted by atomic mass is 32.2. The average Bonchev–Trinajstić information content (AvgIpc) is 2.77. The molecule has 2 aromatic rings. The van der Waals surface area contributed by atoms with Gasteiger partial charge < -0.3 is 15.4 Å². The van der Waals surface area contributed by atoms with E-state index in [0.717, 1.165) is 5.56 Å². The number of amides is 2. The first-order valence-electron chi connectivity index (χ1n) is 9.19. The number of nitrogens with zero attached hydrogens (tertiary/aromatic N) is 1. The van der Waals surface area contributed by atoms with Crippen molar-refractivity contribution in [2.75, 3.05) is 33.4 Å². The predicted octanol–water partition coefficient (Wildman–Crippen LogP) is 0.997. The summed E-state index contributed by atoms with van der Waals surface area (Å²) in [4.78, 5) is 24.3. The standard InChI is InChI=1S/C20H23N3O5S/c1-21-19(24)16-5-2-4-15(12-16)14-22-20(25)17-6-3-7-18(13-17)29(26,27)23-8-10-28-11-9-23/h2-7,12-13H,8-11,14H2,1H3,(H,21,24)(H,22,25). The fourth-order valence-electron chi connectivity index (χ4n) is 2.99. The number of sulfonamides is 1. The van der Waals surface area contributed by atoms with Crippen LogP contribution in [0.1, 0.15) is 26.3 Å². The molecule has 1 fully saturated rings. The van der Waals surface area contributed by atoms with Crippen LogP contribution in [0.4, 0.5) is 0 Å². The van der Waals surface area contributed by atoms with E-state index in [1.54, 1.807) is 43.4 Å². The molecule has 0 saturated carbocycles. The fourth-order valence-corrected chi connectivity index (χ4v) is 4.44. The summed E-state index contributed by atoms with van der Waals surface area (Å²) in [6, 6.07) is 12.9. The van der Waals surface area contributed by atoms with Gasteiger partial charge >= 0.3 is 0 Å². The van der Waals surface area contributed by atoms with E-state index in [1.165, 1.54) is 16.4 Å². The van der Waals surface area contributed by atoms with Gasteiger partial charge in [0.05, 0.1) is 18.1 Å². The van der Waals surface area contributed by atoms with Gasteiger partial charge in [-0.1, -0.05) is 18.2 Å². The van der Waals surface area contributed by atoms with E-state index < -0.39 is 15.9 Å². The van der Waals surface area contributed by atoms with Crippen molar-refractivity contribution >= 4 is 21.8 Å². The Labute approximate surface area is 169 Å². The molecule has 9 heteroatoms. The number of ether oxygens (including phenoxy) is 1. The highest BCUT2D eigenvalue weighted by molar-refractivity contribution is 7.89. The first-order valence-corrected chi connectivity index (χ1v) is 10.6. The molecule has 1 saturated heterocycles. The molecule has 29 heavy (non-hydrogen) atoms. The molecule has 3 rings (SSSR count). The van der Waals surface area contributed by atoms with Gasteiger partial charge in [-0.3, -0.25) is 9.59 Å². The summed E-state index contributed by atoms with van der Waals surface area (Å²) in [6.07, 6.45) is 0. The van der Waals surface area contributed by atoms with Gasteiger partial charge in [0, 0.05) is 37.8 Å². The van der Waals surface area contributed by atoms with Gasteiger partial charge in [-0.2, -0.15) is 4.31 Å². The highest BCUT2D eigenvalue weighted by Crippen LogP contribution is 2.18. The van der Waals surface area contributed by atoms with E-state index in [1.807, 2.05) is 0 Å². The summed E-state index contributed by atoms with van der Waals surface area (Å²) in [7, 11) is -2.12. The zero-order valence-electron chi connectivity index (χ0n) is 16.1. The maximum absolute atomic E-state index is 12.8. The van der Waals surface area contributed by atoms with Gasteiger partial charge in [-0.15, -0.1) is 0 Å². The van der Waals surface area contributed by atoms with E-state index in [4.69, 9.17) is 4.74 Å². The van der Waals surface area contributed by atoms with Crippen LogP contribution >= 0.6 is 0 Å². The lowest BCUT2D eigenvalue weighted by molar-refractivity contribution is 0.0730. The molecule has 2 aromatic carbocycles. The van der Waals surface area contributed by atoms with Crippen molar-refractivity contribution in [1.82, 2.24) is 14.9 Å². The van der Waals surface area contributed by atoms with Crippen molar-refractivity contribution in [3.63, 3.8) is 0 Å². The summed E-state index contributed by atoms with van der Waals surface area (Å²) < 4.78 is 32.1. The third-order valence-electron chi connectivity index (χ3n) is 4.57. The van der Waals surface area contributed by atoms with Gasteiger partial charge in [-0.05, 0) is 35.9 Å². The molecule has 0 unspecified atom stereocenters. The molecular formula is C20H23N3O5S. The average molecular weight is 417 g/mol. The van der Waals surface area contributed by atoms with Gasteiger partial charge in [0.2, 0.25) is 10.0 Å². The lowest BCUT2D eigenvalue weighted by Gasteiger charge is -2.26. The Bertz CT molecular complexity index is 1000. The van der Waals surface area contributed by atoms with E-state index in [9.17, 15) is 18.0 Å². The number of rotatable bonds is 6. The normalized spacial score (nSPS) is 14.9. The van der Waals surface area contributed by atoms with E-state index >= 15 is 0 Å². The zero-order valence-corrected chi connectivity index (χ0v) is 16.9. The molecule has 1 aliphatic heterocycles. The zero-order chi connectivity index (χ0) is 20.9. The third-order valence-corrected chi connectivity index (χ3v) is 6.47. The van der Waals surface area contributed by atoms with Crippen LogP contribution in [-0.4, -0.2) is 57.9 Å². The molecule has 0 bridgehead atoms. The molecule has 0 radical (unpaired) electrons. The molecule has 2 amide bonds. The van der Waals surface area contributed by atoms with Crippen molar-refractivity contribution in [2.45, 2.75) is 11.4 Å². The topological polar surface area (TPSA) is 105 Å². The van der Waals surface area contributed by atoms with Gasteiger partial charge in [-0.25, -0.2) is 8.42 Å². The number of hydrogen-bond acceptors (Lipinski definition) is 5. The van der Waals surface area contributed by atoms with Crippen molar-refractivity contribution < 1.29 is 22.7 Å². The van der Waals surface area contributed by atoms with Crippen LogP contribution in [0.15, 0.2) is 53.4 Å². The van der Waals surface area contributed by atoms with E-state index in [0.29, 0.717) is 31.9 Å². The minimum absolute atomic E-state index is 0.0775. The number of morpholine rings is 1. The van der Waals surface area contributed by atoms with Gasteiger partial charge in [0.15, 0.2) is 0 Å². The largest absolute Gasteiger partial charge is 0.379 e. The SMILES string of the molecule is CNC(=O)c1cccc(CNC(=O)c2cccc(S(=O)(=O)N3CCOCC3)c2)c1. The second-order valence-electron chi connectivity index (χ2n) is 6.51. The Hall–Kier alpha value is -2.75. The summed E-state index contributed by atoms with van der Waals surface area (Å²) in [5, 5.41) is 5.31. The first-order chi connectivity index (χ1) is 13.9. The van der Waals surface area contributed by atoms with E-state index in [2.05, 4.69) is 10.6 Å². The molecule has 1 aliphatic rings. The Morgan fingerprint density at radius 3 is 2.34 bits per heavy atom. The lowest BCUT2D eigenvalue weighted by Crippen LogP contribution is -2.40. The molecule has 8 nitrogen and oxygen atoms in total. The summed E-state index contributed by atoms with van der Waals surface area (Å²) in [6.45, 7) is 1.51. The molecule has 154 valence electrons.